The summed E-state index contributed by atoms with van der Waals surface area (Å²) in [6.45, 7) is 5.22. The van der Waals surface area contributed by atoms with E-state index in [9.17, 15) is 4.79 Å². The van der Waals surface area contributed by atoms with Gasteiger partial charge in [-0.15, -0.1) is 17.5 Å². The lowest BCUT2D eigenvalue weighted by Crippen LogP contribution is -2.32. The topological polar surface area (TPSA) is 85.8 Å². The standard InChI is InChI=1S/C21H25N5O.ClH/c1-15(2)17-8-10-18(11-9-17)19(22)12-23-21(27)20-14-26(25-24-20)13-16-6-4-3-5-7-16;/h3-11,14-15,19H,12-13,22H2,1-2H3,(H,23,27);1H. The van der Waals surface area contributed by atoms with Crippen molar-refractivity contribution in [2.24, 2.45) is 5.73 Å². The second-order valence-corrected chi connectivity index (χ2v) is 6.92. The number of nitrogens with two attached hydrogens (primary N) is 1. The van der Waals surface area contributed by atoms with Crippen molar-refractivity contribution in [3.63, 3.8) is 0 Å². The van der Waals surface area contributed by atoms with Crippen molar-refractivity contribution in [2.75, 3.05) is 6.54 Å². The van der Waals surface area contributed by atoms with Gasteiger partial charge in [-0.1, -0.05) is 73.7 Å². The number of hydrogen-bond acceptors (Lipinski definition) is 4. The molecule has 1 amide bonds. The molecule has 148 valence electrons. The molecule has 0 aliphatic heterocycles. The Labute approximate surface area is 171 Å². The normalized spacial score (nSPS) is 11.7. The third-order valence-corrected chi connectivity index (χ3v) is 4.47. The van der Waals surface area contributed by atoms with E-state index in [4.69, 9.17) is 5.73 Å². The highest BCUT2D eigenvalue weighted by Crippen LogP contribution is 2.17. The first-order valence-corrected chi connectivity index (χ1v) is 9.10. The lowest BCUT2D eigenvalue weighted by molar-refractivity contribution is 0.0946. The molecule has 28 heavy (non-hydrogen) atoms. The largest absolute Gasteiger partial charge is 0.349 e. The maximum Gasteiger partial charge on any atom is 0.273 e. The van der Waals surface area contributed by atoms with Gasteiger partial charge in [0, 0.05) is 12.6 Å². The highest BCUT2D eigenvalue weighted by molar-refractivity contribution is 5.91. The number of hydrogen-bond donors (Lipinski definition) is 2. The van der Waals surface area contributed by atoms with E-state index in [1.54, 1.807) is 10.9 Å². The fourth-order valence-electron chi connectivity index (χ4n) is 2.79. The van der Waals surface area contributed by atoms with Crippen LogP contribution in [0.3, 0.4) is 0 Å². The summed E-state index contributed by atoms with van der Waals surface area (Å²) in [5, 5.41) is 10.8. The minimum Gasteiger partial charge on any atom is -0.349 e. The fourth-order valence-corrected chi connectivity index (χ4v) is 2.79. The van der Waals surface area contributed by atoms with E-state index in [1.807, 2.05) is 42.5 Å². The Morgan fingerprint density at radius 1 is 1.07 bits per heavy atom. The molecule has 0 spiro atoms. The van der Waals surface area contributed by atoms with Crippen molar-refractivity contribution in [2.45, 2.75) is 32.4 Å². The molecular weight excluding hydrogens is 374 g/mol. The highest BCUT2D eigenvalue weighted by atomic mass is 35.5. The molecule has 0 aliphatic carbocycles. The number of nitrogens with one attached hydrogen (secondary N) is 1. The highest BCUT2D eigenvalue weighted by Gasteiger charge is 2.13. The third-order valence-electron chi connectivity index (χ3n) is 4.47. The molecule has 0 radical (unpaired) electrons. The van der Waals surface area contributed by atoms with Gasteiger partial charge in [0.15, 0.2) is 5.69 Å². The maximum atomic E-state index is 12.3. The number of halogens is 1. The second-order valence-electron chi connectivity index (χ2n) is 6.92. The van der Waals surface area contributed by atoms with Gasteiger partial charge in [-0.25, -0.2) is 4.68 Å². The SMILES string of the molecule is CC(C)c1ccc(C(N)CNC(=O)c2cn(Cc3ccccc3)nn2)cc1.Cl. The first-order valence-electron chi connectivity index (χ1n) is 9.10. The molecule has 6 nitrogen and oxygen atoms in total. The van der Waals surface area contributed by atoms with Gasteiger partial charge in [-0.3, -0.25) is 4.79 Å². The smallest absolute Gasteiger partial charge is 0.273 e. The molecule has 0 saturated carbocycles. The molecule has 1 aromatic heterocycles. The molecule has 0 fully saturated rings. The summed E-state index contributed by atoms with van der Waals surface area (Å²) in [6.07, 6.45) is 1.64. The average Bonchev–Trinajstić information content (AvgIpc) is 3.15. The minimum absolute atomic E-state index is 0. The summed E-state index contributed by atoms with van der Waals surface area (Å²) in [7, 11) is 0. The van der Waals surface area contributed by atoms with Crippen molar-refractivity contribution in [3.8, 4) is 0 Å². The van der Waals surface area contributed by atoms with Crippen LogP contribution in [0.15, 0.2) is 60.8 Å². The zero-order valence-corrected chi connectivity index (χ0v) is 16.9. The number of benzene rings is 2. The molecule has 1 heterocycles. The Morgan fingerprint density at radius 3 is 2.36 bits per heavy atom. The number of amides is 1. The van der Waals surface area contributed by atoms with Crippen LogP contribution in [0.4, 0.5) is 0 Å². The van der Waals surface area contributed by atoms with Crippen LogP contribution in [0.2, 0.25) is 0 Å². The fraction of sp³-hybridized carbons (Fsp3) is 0.286. The van der Waals surface area contributed by atoms with Gasteiger partial charge in [0.2, 0.25) is 0 Å². The summed E-state index contributed by atoms with van der Waals surface area (Å²) >= 11 is 0. The predicted molar refractivity (Wildman–Crippen MR) is 113 cm³/mol. The molecule has 7 heteroatoms. The number of carbonyl (C=O) groups is 1. The molecule has 0 saturated heterocycles. The molecule has 1 atom stereocenters. The molecule has 2 aromatic carbocycles. The van der Waals surface area contributed by atoms with Crippen LogP contribution in [0.5, 0.6) is 0 Å². The predicted octanol–water partition coefficient (Wildman–Crippen LogP) is 3.30. The van der Waals surface area contributed by atoms with E-state index in [1.165, 1.54) is 5.56 Å². The lowest BCUT2D eigenvalue weighted by atomic mass is 9.99. The molecule has 0 aliphatic rings. The quantitative estimate of drug-likeness (QED) is 0.638. The first kappa shape index (κ1) is 21.6. The monoisotopic (exact) mass is 399 g/mol. The van der Waals surface area contributed by atoms with Gasteiger partial charge in [0.1, 0.15) is 0 Å². The van der Waals surface area contributed by atoms with E-state index in [0.717, 1.165) is 11.1 Å². The summed E-state index contributed by atoms with van der Waals surface area (Å²) < 4.78 is 1.65. The number of carbonyl (C=O) groups excluding carboxylic acids is 1. The second kappa shape index (κ2) is 10.0. The van der Waals surface area contributed by atoms with E-state index in [0.29, 0.717) is 19.0 Å². The van der Waals surface area contributed by atoms with Gasteiger partial charge >= 0.3 is 0 Å². The minimum atomic E-state index is -0.274. The van der Waals surface area contributed by atoms with Crippen molar-refractivity contribution in [1.29, 1.82) is 0 Å². The van der Waals surface area contributed by atoms with Crippen LogP contribution in [0.25, 0.3) is 0 Å². The van der Waals surface area contributed by atoms with Crippen LogP contribution < -0.4 is 11.1 Å². The van der Waals surface area contributed by atoms with Gasteiger partial charge in [0.05, 0.1) is 12.7 Å². The number of aromatic nitrogens is 3. The lowest BCUT2D eigenvalue weighted by Gasteiger charge is -2.14. The zero-order valence-electron chi connectivity index (χ0n) is 16.1. The van der Waals surface area contributed by atoms with Crippen LogP contribution in [0.1, 0.15) is 53.0 Å². The number of rotatable bonds is 7. The Morgan fingerprint density at radius 2 is 1.71 bits per heavy atom. The average molecular weight is 400 g/mol. The van der Waals surface area contributed by atoms with E-state index >= 15 is 0 Å². The van der Waals surface area contributed by atoms with E-state index in [2.05, 4.69) is 41.6 Å². The Balaban J connectivity index is 0.00000280. The van der Waals surface area contributed by atoms with Gasteiger partial charge in [0.25, 0.3) is 5.91 Å². The molecule has 3 aromatic rings. The molecular formula is C21H26ClN5O. The summed E-state index contributed by atoms with van der Waals surface area (Å²) in [5.74, 6) is 0.206. The third kappa shape index (κ3) is 5.65. The summed E-state index contributed by atoms with van der Waals surface area (Å²) in [4.78, 5) is 12.3. The summed E-state index contributed by atoms with van der Waals surface area (Å²) in [5.41, 5.74) is 9.84. The van der Waals surface area contributed by atoms with E-state index in [-0.39, 0.29) is 30.0 Å². The zero-order chi connectivity index (χ0) is 19.2. The molecule has 0 bridgehead atoms. The van der Waals surface area contributed by atoms with Crippen LogP contribution in [-0.2, 0) is 6.54 Å². The van der Waals surface area contributed by atoms with Gasteiger partial charge < -0.3 is 11.1 Å². The van der Waals surface area contributed by atoms with E-state index < -0.39 is 0 Å². The maximum absolute atomic E-state index is 12.3. The molecule has 1 unspecified atom stereocenters. The Kier molecular flexibility index (Phi) is 7.72. The van der Waals surface area contributed by atoms with Crippen molar-refractivity contribution in [3.05, 3.63) is 83.2 Å². The van der Waals surface area contributed by atoms with Gasteiger partial charge in [-0.2, -0.15) is 0 Å². The van der Waals surface area contributed by atoms with Crippen LogP contribution >= 0.6 is 12.4 Å². The van der Waals surface area contributed by atoms with Crippen molar-refractivity contribution in [1.82, 2.24) is 20.3 Å². The van der Waals surface area contributed by atoms with Crippen LogP contribution in [-0.4, -0.2) is 27.4 Å². The van der Waals surface area contributed by atoms with Crippen molar-refractivity contribution >= 4 is 18.3 Å². The van der Waals surface area contributed by atoms with Crippen LogP contribution in [0, 0.1) is 0 Å². The van der Waals surface area contributed by atoms with Crippen molar-refractivity contribution < 1.29 is 4.79 Å². The Hall–Kier alpha value is -2.70. The molecule has 3 rings (SSSR count). The molecule has 3 N–H and O–H groups in total. The Bertz CT molecular complexity index is 877. The first-order chi connectivity index (χ1) is 13.0. The van der Waals surface area contributed by atoms with Gasteiger partial charge in [-0.05, 0) is 22.6 Å². The number of nitrogens with zero attached hydrogens (tertiary/aromatic N) is 3. The summed E-state index contributed by atoms with van der Waals surface area (Å²) in [6, 6.07) is 17.8.